The molecule has 0 aromatic carbocycles. The molecule has 1 N–H and O–H groups in total. The number of nitrogens with one attached hydrogen (secondary N) is 1. The van der Waals surface area contributed by atoms with E-state index in [0.29, 0.717) is 11.9 Å². The summed E-state index contributed by atoms with van der Waals surface area (Å²) in [5.74, 6) is 0.653. The van der Waals surface area contributed by atoms with E-state index in [0.717, 1.165) is 24.3 Å². The van der Waals surface area contributed by atoms with Gasteiger partial charge in [0.1, 0.15) is 0 Å². The minimum absolute atomic E-state index is 0.614. The Hall–Kier alpha value is -1.88. The molecule has 5 nitrogen and oxygen atoms in total. The van der Waals surface area contributed by atoms with Crippen molar-refractivity contribution in [2.24, 2.45) is 0 Å². The molecule has 1 saturated carbocycles. The van der Waals surface area contributed by atoms with Crippen molar-refractivity contribution >= 4 is 0 Å². The molecule has 1 aliphatic carbocycles. The number of aromatic nitrogens is 3. The number of rotatable bonds is 6. The maximum absolute atomic E-state index is 5.13. The number of hydrogen-bond donors (Lipinski definition) is 1. The molecule has 112 valence electrons. The molecule has 1 fully saturated rings. The smallest absolute Gasteiger partial charge is 0.213 e. The Labute approximate surface area is 125 Å². The van der Waals surface area contributed by atoms with Crippen LogP contribution in [-0.2, 0) is 13.1 Å². The maximum atomic E-state index is 5.13. The molecule has 0 saturated heterocycles. The van der Waals surface area contributed by atoms with Crippen molar-refractivity contribution in [2.75, 3.05) is 7.11 Å². The van der Waals surface area contributed by atoms with Crippen molar-refractivity contribution < 1.29 is 4.74 Å². The van der Waals surface area contributed by atoms with Crippen LogP contribution >= 0.6 is 0 Å². The SMILES string of the molecule is COc1cc(CNCc2ccn(C3CCCC3)n2)ccn1. The summed E-state index contributed by atoms with van der Waals surface area (Å²) in [5.41, 5.74) is 2.26. The quantitative estimate of drug-likeness (QED) is 0.887. The molecular formula is C16H22N4O. The Morgan fingerprint density at radius 2 is 2.14 bits per heavy atom. The molecule has 0 atom stereocenters. The van der Waals surface area contributed by atoms with Gasteiger partial charge in [-0.25, -0.2) is 4.98 Å². The predicted octanol–water partition coefficient (Wildman–Crippen LogP) is 2.69. The zero-order valence-corrected chi connectivity index (χ0v) is 12.5. The van der Waals surface area contributed by atoms with Gasteiger partial charge in [-0.15, -0.1) is 0 Å². The van der Waals surface area contributed by atoms with Gasteiger partial charge in [-0.3, -0.25) is 4.68 Å². The summed E-state index contributed by atoms with van der Waals surface area (Å²) in [6.07, 6.45) is 9.09. The predicted molar refractivity (Wildman–Crippen MR) is 81.1 cm³/mol. The van der Waals surface area contributed by atoms with Crippen LogP contribution in [0.2, 0.25) is 0 Å². The van der Waals surface area contributed by atoms with Crippen LogP contribution in [0.5, 0.6) is 5.88 Å². The zero-order chi connectivity index (χ0) is 14.5. The number of hydrogen-bond acceptors (Lipinski definition) is 4. The number of nitrogens with zero attached hydrogens (tertiary/aromatic N) is 3. The minimum atomic E-state index is 0.614. The van der Waals surface area contributed by atoms with E-state index >= 15 is 0 Å². The molecule has 5 heteroatoms. The molecule has 0 spiro atoms. The standard InChI is InChI=1S/C16H22N4O/c1-21-16-10-13(6-8-18-16)11-17-12-14-7-9-20(19-14)15-4-2-3-5-15/h6-10,15,17H,2-5,11-12H2,1H3. The molecule has 2 aromatic rings. The van der Waals surface area contributed by atoms with Crippen molar-refractivity contribution in [3.8, 4) is 5.88 Å². The Balaban J connectivity index is 1.50. The van der Waals surface area contributed by atoms with E-state index in [-0.39, 0.29) is 0 Å². The molecule has 0 radical (unpaired) electrons. The van der Waals surface area contributed by atoms with E-state index in [1.54, 1.807) is 13.3 Å². The molecular weight excluding hydrogens is 264 g/mol. The van der Waals surface area contributed by atoms with Crippen LogP contribution < -0.4 is 10.1 Å². The monoisotopic (exact) mass is 286 g/mol. The van der Waals surface area contributed by atoms with Gasteiger partial charge in [0.2, 0.25) is 5.88 Å². The van der Waals surface area contributed by atoms with Crippen LogP contribution in [0, 0.1) is 0 Å². The first-order valence-electron chi connectivity index (χ1n) is 7.59. The molecule has 2 aromatic heterocycles. The highest BCUT2D eigenvalue weighted by atomic mass is 16.5. The van der Waals surface area contributed by atoms with E-state index in [4.69, 9.17) is 4.74 Å². The second-order valence-electron chi connectivity index (χ2n) is 5.54. The van der Waals surface area contributed by atoms with Crippen molar-refractivity contribution in [1.29, 1.82) is 0 Å². The lowest BCUT2D eigenvalue weighted by Crippen LogP contribution is -2.14. The van der Waals surface area contributed by atoms with Crippen LogP contribution in [-0.4, -0.2) is 21.9 Å². The molecule has 0 amide bonds. The van der Waals surface area contributed by atoms with Gasteiger partial charge < -0.3 is 10.1 Å². The minimum Gasteiger partial charge on any atom is -0.481 e. The molecule has 0 unspecified atom stereocenters. The van der Waals surface area contributed by atoms with Gasteiger partial charge in [-0.1, -0.05) is 12.8 Å². The number of ether oxygens (including phenoxy) is 1. The fraction of sp³-hybridized carbons (Fsp3) is 0.500. The molecule has 0 aliphatic heterocycles. The molecule has 0 bridgehead atoms. The summed E-state index contributed by atoms with van der Waals surface area (Å²) in [7, 11) is 1.63. The van der Waals surface area contributed by atoms with Gasteiger partial charge in [-0.2, -0.15) is 5.10 Å². The Bertz CT molecular complexity index is 575. The van der Waals surface area contributed by atoms with Crippen LogP contribution in [0.4, 0.5) is 0 Å². The molecule has 1 aliphatic rings. The van der Waals surface area contributed by atoms with Gasteiger partial charge in [0, 0.05) is 31.5 Å². The van der Waals surface area contributed by atoms with E-state index in [2.05, 4.69) is 32.3 Å². The Morgan fingerprint density at radius 1 is 1.29 bits per heavy atom. The third kappa shape index (κ3) is 3.61. The molecule has 2 heterocycles. The van der Waals surface area contributed by atoms with E-state index < -0.39 is 0 Å². The first kappa shape index (κ1) is 14.1. The summed E-state index contributed by atoms with van der Waals surface area (Å²) in [5, 5.41) is 8.09. The molecule has 21 heavy (non-hydrogen) atoms. The maximum Gasteiger partial charge on any atom is 0.213 e. The topological polar surface area (TPSA) is 52.0 Å². The first-order valence-corrected chi connectivity index (χ1v) is 7.59. The third-order valence-corrected chi connectivity index (χ3v) is 4.01. The van der Waals surface area contributed by atoms with Crippen molar-refractivity contribution in [3.63, 3.8) is 0 Å². The summed E-state index contributed by atoms with van der Waals surface area (Å²) >= 11 is 0. The lowest BCUT2D eigenvalue weighted by Gasteiger charge is -2.09. The van der Waals surface area contributed by atoms with Gasteiger partial charge in [-0.05, 0) is 30.5 Å². The summed E-state index contributed by atoms with van der Waals surface area (Å²) in [6.45, 7) is 1.57. The summed E-state index contributed by atoms with van der Waals surface area (Å²) in [4.78, 5) is 4.11. The van der Waals surface area contributed by atoms with Gasteiger partial charge >= 0.3 is 0 Å². The van der Waals surface area contributed by atoms with E-state index in [1.807, 2.05) is 12.1 Å². The Kier molecular flexibility index (Phi) is 4.50. The van der Waals surface area contributed by atoms with Crippen molar-refractivity contribution in [1.82, 2.24) is 20.1 Å². The average molecular weight is 286 g/mol. The van der Waals surface area contributed by atoms with Crippen molar-refractivity contribution in [2.45, 2.75) is 44.8 Å². The molecule has 3 rings (SSSR count). The highest BCUT2D eigenvalue weighted by molar-refractivity contribution is 5.20. The number of methoxy groups -OCH3 is 1. The lowest BCUT2D eigenvalue weighted by atomic mass is 10.2. The first-order chi connectivity index (χ1) is 10.3. The lowest BCUT2D eigenvalue weighted by molar-refractivity contribution is 0.397. The van der Waals surface area contributed by atoms with E-state index in [9.17, 15) is 0 Å². The van der Waals surface area contributed by atoms with Gasteiger partial charge in [0.25, 0.3) is 0 Å². The van der Waals surface area contributed by atoms with E-state index in [1.165, 1.54) is 25.7 Å². The summed E-state index contributed by atoms with van der Waals surface area (Å²) in [6, 6.07) is 6.66. The summed E-state index contributed by atoms with van der Waals surface area (Å²) < 4.78 is 7.26. The average Bonchev–Trinajstić information content (AvgIpc) is 3.18. The van der Waals surface area contributed by atoms with Crippen LogP contribution in [0.3, 0.4) is 0 Å². The largest absolute Gasteiger partial charge is 0.481 e. The highest BCUT2D eigenvalue weighted by Gasteiger charge is 2.17. The fourth-order valence-electron chi connectivity index (χ4n) is 2.85. The van der Waals surface area contributed by atoms with Crippen LogP contribution in [0.25, 0.3) is 0 Å². The third-order valence-electron chi connectivity index (χ3n) is 4.01. The Morgan fingerprint density at radius 3 is 2.95 bits per heavy atom. The number of pyridine rings is 1. The van der Waals surface area contributed by atoms with Crippen LogP contribution in [0.15, 0.2) is 30.6 Å². The van der Waals surface area contributed by atoms with Gasteiger partial charge in [0.05, 0.1) is 18.8 Å². The fourth-order valence-corrected chi connectivity index (χ4v) is 2.85. The van der Waals surface area contributed by atoms with Crippen LogP contribution in [0.1, 0.15) is 43.0 Å². The van der Waals surface area contributed by atoms with Crippen molar-refractivity contribution in [3.05, 3.63) is 41.9 Å². The second kappa shape index (κ2) is 6.72. The highest BCUT2D eigenvalue weighted by Crippen LogP contribution is 2.28. The second-order valence-corrected chi connectivity index (χ2v) is 5.54. The van der Waals surface area contributed by atoms with Gasteiger partial charge in [0.15, 0.2) is 0 Å². The zero-order valence-electron chi connectivity index (χ0n) is 12.5. The normalized spacial score (nSPS) is 15.5.